The van der Waals surface area contributed by atoms with Gasteiger partial charge in [0, 0.05) is 24.7 Å². The molecular formula is C20H26N2O5S. The smallest absolute Gasteiger partial charge is 0.240 e. The van der Waals surface area contributed by atoms with Crippen molar-refractivity contribution >= 4 is 21.6 Å². The van der Waals surface area contributed by atoms with Crippen LogP contribution >= 0.6 is 0 Å². The van der Waals surface area contributed by atoms with Crippen LogP contribution < -0.4 is 19.5 Å². The minimum Gasteiger partial charge on any atom is -0.493 e. The zero-order valence-corrected chi connectivity index (χ0v) is 17.3. The lowest BCUT2D eigenvalue weighted by molar-refractivity contribution is -0.116. The number of hydrogen-bond donors (Lipinski definition) is 2. The highest BCUT2D eigenvalue weighted by molar-refractivity contribution is 7.89. The summed E-state index contributed by atoms with van der Waals surface area (Å²) in [5, 5.41) is 2.79. The molecule has 0 aromatic heterocycles. The highest BCUT2D eigenvalue weighted by Crippen LogP contribution is 2.29. The lowest BCUT2D eigenvalue weighted by Crippen LogP contribution is -2.27. The number of carbonyl (C=O) groups is 1. The van der Waals surface area contributed by atoms with E-state index in [-0.39, 0.29) is 23.8 Å². The van der Waals surface area contributed by atoms with Gasteiger partial charge in [0.1, 0.15) is 0 Å². The minimum atomic E-state index is -3.77. The first-order chi connectivity index (χ1) is 13.3. The molecule has 7 nitrogen and oxygen atoms in total. The summed E-state index contributed by atoms with van der Waals surface area (Å²) in [4.78, 5) is 12.2. The number of carbonyl (C=O) groups excluding carboxylic acids is 1. The van der Waals surface area contributed by atoms with Crippen LogP contribution in [0.4, 0.5) is 5.69 Å². The molecule has 8 heteroatoms. The lowest BCUT2D eigenvalue weighted by Gasteiger charge is -2.11. The molecule has 2 rings (SSSR count). The largest absolute Gasteiger partial charge is 0.493 e. The molecular weight excluding hydrogens is 380 g/mol. The highest BCUT2D eigenvalue weighted by Gasteiger charge is 2.17. The quantitative estimate of drug-likeness (QED) is 0.667. The molecule has 0 fully saturated rings. The number of sulfonamides is 1. The number of methoxy groups -OCH3 is 2. The molecule has 0 unspecified atom stereocenters. The standard InChI is InChI=1S/C20H26N2O5S/c1-14(2)15-6-5-7-16(12-15)22-20(23)10-11-21-28(24,25)17-8-9-18(26-3)19(13-17)27-4/h5-9,12-14,21H,10-11H2,1-4H3,(H,22,23). The van der Waals surface area contributed by atoms with Crippen LogP contribution in [0.3, 0.4) is 0 Å². The first-order valence-corrected chi connectivity index (χ1v) is 10.4. The molecule has 0 saturated carbocycles. The van der Waals surface area contributed by atoms with Gasteiger partial charge in [-0.2, -0.15) is 0 Å². The molecule has 2 aromatic rings. The van der Waals surface area contributed by atoms with Crippen molar-refractivity contribution in [1.82, 2.24) is 4.72 Å². The van der Waals surface area contributed by atoms with E-state index in [0.717, 1.165) is 5.56 Å². The summed E-state index contributed by atoms with van der Waals surface area (Å²) in [7, 11) is -0.867. The Morgan fingerprint density at radius 1 is 1.04 bits per heavy atom. The van der Waals surface area contributed by atoms with Gasteiger partial charge in [0.2, 0.25) is 15.9 Å². The van der Waals surface area contributed by atoms with Crippen molar-refractivity contribution in [2.45, 2.75) is 31.1 Å². The molecule has 0 atom stereocenters. The molecule has 0 radical (unpaired) electrons. The van der Waals surface area contributed by atoms with Crippen molar-refractivity contribution < 1.29 is 22.7 Å². The molecule has 0 aliphatic rings. The van der Waals surface area contributed by atoms with E-state index in [0.29, 0.717) is 23.1 Å². The van der Waals surface area contributed by atoms with Gasteiger partial charge < -0.3 is 14.8 Å². The molecule has 152 valence electrons. The van der Waals surface area contributed by atoms with Gasteiger partial charge in [-0.05, 0) is 35.7 Å². The van der Waals surface area contributed by atoms with Crippen molar-refractivity contribution in [3.63, 3.8) is 0 Å². The van der Waals surface area contributed by atoms with Crippen molar-refractivity contribution in [3.05, 3.63) is 48.0 Å². The maximum Gasteiger partial charge on any atom is 0.240 e. The Bertz CT molecular complexity index is 926. The number of benzene rings is 2. The van der Waals surface area contributed by atoms with E-state index in [1.165, 1.54) is 32.4 Å². The molecule has 0 aliphatic carbocycles. The number of amides is 1. The van der Waals surface area contributed by atoms with Gasteiger partial charge in [-0.25, -0.2) is 13.1 Å². The van der Waals surface area contributed by atoms with E-state index in [9.17, 15) is 13.2 Å². The highest BCUT2D eigenvalue weighted by atomic mass is 32.2. The number of rotatable bonds is 9. The molecule has 28 heavy (non-hydrogen) atoms. The Labute approximate surface area is 166 Å². The normalized spacial score (nSPS) is 11.3. The first kappa shape index (κ1) is 21.7. The van der Waals surface area contributed by atoms with E-state index in [4.69, 9.17) is 9.47 Å². The topological polar surface area (TPSA) is 93.7 Å². The van der Waals surface area contributed by atoms with Crippen LogP contribution in [0.25, 0.3) is 0 Å². The Balaban J connectivity index is 1.94. The average molecular weight is 407 g/mol. The second kappa shape index (κ2) is 9.57. The number of hydrogen-bond acceptors (Lipinski definition) is 5. The Morgan fingerprint density at radius 3 is 2.39 bits per heavy atom. The molecule has 2 N–H and O–H groups in total. The van der Waals surface area contributed by atoms with Gasteiger partial charge in [0.15, 0.2) is 11.5 Å². The number of ether oxygens (including phenoxy) is 2. The lowest BCUT2D eigenvalue weighted by atomic mass is 10.0. The maximum atomic E-state index is 12.4. The second-order valence-electron chi connectivity index (χ2n) is 6.49. The van der Waals surface area contributed by atoms with Crippen LogP contribution in [0.2, 0.25) is 0 Å². The van der Waals surface area contributed by atoms with Crippen LogP contribution in [0.1, 0.15) is 31.7 Å². The molecule has 0 aliphatic heterocycles. The van der Waals surface area contributed by atoms with Crippen LogP contribution in [-0.4, -0.2) is 35.1 Å². The molecule has 0 spiro atoms. The fraction of sp³-hybridized carbons (Fsp3) is 0.350. The number of nitrogens with one attached hydrogen (secondary N) is 2. The van der Waals surface area contributed by atoms with Gasteiger partial charge in [-0.1, -0.05) is 26.0 Å². The summed E-state index contributed by atoms with van der Waals surface area (Å²) >= 11 is 0. The summed E-state index contributed by atoms with van der Waals surface area (Å²) in [6, 6.07) is 11.9. The van der Waals surface area contributed by atoms with Crippen molar-refractivity contribution in [1.29, 1.82) is 0 Å². The van der Waals surface area contributed by atoms with Gasteiger partial charge in [-0.3, -0.25) is 4.79 Å². The van der Waals surface area contributed by atoms with Gasteiger partial charge in [0.25, 0.3) is 0 Å². The van der Waals surface area contributed by atoms with Crippen LogP contribution in [0.15, 0.2) is 47.4 Å². The minimum absolute atomic E-state index is 0.0123. The maximum absolute atomic E-state index is 12.4. The van der Waals surface area contributed by atoms with E-state index < -0.39 is 10.0 Å². The third-order valence-electron chi connectivity index (χ3n) is 4.15. The van der Waals surface area contributed by atoms with Crippen LogP contribution in [0.5, 0.6) is 11.5 Å². The summed E-state index contributed by atoms with van der Waals surface area (Å²) in [5.41, 5.74) is 1.81. The average Bonchev–Trinajstić information content (AvgIpc) is 2.67. The predicted octanol–water partition coefficient (Wildman–Crippen LogP) is 3.13. The SMILES string of the molecule is COc1ccc(S(=O)(=O)NCCC(=O)Nc2cccc(C(C)C)c2)cc1OC. The summed E-state index contributed by atoms with van der Waals surface area (Å²) in [6.45, 7) is 4.13. The van der Waals surface area contributed by atoms with Crippen molar-refractivity contribution in [3.8, 4) is 11.5 Å². The zero-order valence-electron chi connectivity index (χ0n) is 16.5. The van der Waals surface area contributed by atoms with Crippen molar-refractivity contribution in [2.24, 2.45) is 0 Å². The summed E-state index contributed by atoms with van der Waals surface area (Å²) in [5.74, 6) is 0.832. The second-order valence-corrected chi connectivity index (χ2v) is 8.26. The molecule has 0 bridgehead atoms. The van der Waals surface area contributed by atoms with Gasteiger partial charge in [-0.15, -0.1) is 0 Å². The fourth-order valence-electron chi connectivity index (χ4n) is 2.56. The van der Waals surface area contributed by atoms with Crippen LogP contribution in [0, 0.1) is 0 Å². The molecule has 0 saturated heterocycles. The Hall–Kier alpha value is -2.58. The van der Waals surface area contributed by atoms with Crippen LogP contribution in [-0.2, 0) is 14.8 Å². The third kappa shape index (κ3) is 5.71. The summed E-state index contributed by atoms with van der Waals surface area (Å²) in [6.07, 6.45) is 0.0123. The van der Waals surface area contributed by atoms with Crippen molar-refractivity contribution in [2.75, 3.05) is 26.1 Å². The van der Waals surface area contributed by atoms with E-state index >= 15 is 0 Å². The fourth-order valence-corrected chi connectivity index (χ4v) is 3.61. The molecule has 0 heterocycles. The Kier molecular flexibility index (Phi) is 7.42. The Morgan fingerprint density at radius 2 is 1.75 bits per heavy atom. The van der Waals surface area contributed by atoms with Gasteiger partial charge in [0.05, 0.1) is 19.1 Å². The van der Waals surface area contributed by atoms with E-state index in [2.05, 4.69) is 23.9 Å². The monoisotopic (exact) mass is 406 g/mol. The van der Waals surface area contributed by atoms with Gasteiger partial charge >= 0.3 is 0 Å². The molecule has 2 aromatic carbocycles. The van der Waals surface area contributed by atoms with E-state index in [1.807, 2.05) is 18.2 Å². The predicted molar refractivity (Wildman–Crippen MR) is 109 cm³/mol. The number of anilines is 1. The van der Waals surface area contributed by atoms with E-state index in [1.54, 1.807) is 6.07 Å². The third-order valence-corrected chi connectivity index (χ3v) is 5.61. The first-order valence-electron chi connectivity index (χ1n) is 8.88. The molecule has 1 amide bonds. The zero-order chi connectivity index (χ0) is 20.7. The summed E-state index contributed by atoms with van der Waals surface area (Å²) < 4.78 is 37.5.